The molecule has 0 saturated carbocycles. The lowest BCUT2D eigenvalue weighted by molar-refractivity contribution is 0.0953. The summed E-state index contributed by atoms with van der Waals surface area (Å²) in [5, 5.41) is 5.62. The quantitative estimate of drug-likeness (QED) is 0.735. The van der Waals surface area contributed by atoms with Gasteiger partial charge >= 0.3 is 0 Å². The normalized spacial score (nSPS) is 10.3. The monoisotopic (exact) mass is 389 g/mol. The smallest absolute Gasteiger partial charge is 0.274 e. The lowest BCUT2D eigenvalue weighted by Crippen LogP contribution is -2.25. The van der Waals surface area contributed by atoms with Crippen LogP contribution in [-0.4, -0.2) is 23.3 Å². The topological polar surface area (TPSA) is 71.1 Å². The lowest BCUT2D eigenvalue weighted by Gasteiger charge is -2.09. The van der Waals surface area contributed by atoms with Crippen LogP contribution in [0.15, 0.2) is 41.0 Å². The first-order valence-electron chi connectivity index (χ1n) is 7.83. The lowest BCUT2D eigenvalue weighted by atomic mass is 10.2. The van der Waals surface area contributed by atoms with E-state index < -0.39 is 0 Å². The number of amides is 2. The van der Waals surface area contributed by atoms with Gasteiger partial charge in [-0.3, -0.25) is 14.6 Å². The Kier molecular flexibility index (Phi) is 6.49. The fourth-order valence-corrected chi connectivity index (χ4v) is 2.68. The van der Waals surface area contributed by atoms with Gasteiger partial charge in [-0.1, -0.05) is 19.4 Å². The molecule has 24 heavy (non-hydrogen) atoms. The average Bonchev–Trinajstić information content (AvgIpc) is 2.57. The van der Waals surface area contributed by atoms with Crippen LogP contribution in [0, 0.1) is 6.92 Å². The first-order chi connectivity index (χ1) is 11.5. The second kappa shape index (κ2) is 8.59. The van der Waals surface area contributed by atoms with E-state index in [1.807, 2.05) is 25.1 Å². The zero-order chi connectivity index (χ0) is 17.5. The number of aromatic nitrogens is 1. The molecule has 0 aliphatic carbocycles. The second-order valence-electron chi connectivity index (χ2n) is 5.48. The Morgan fingerprint density at radius 1 is 1.17 bits per heavy atom. The maximum absolute atomic E-state index is 12.4. The Labute approximate surface area is 150 Å². The number of nitrogens with zero attached hydrogens (tertiary/aromatic N) is 1. The molecular formula is C18H20BrN3O2. The third-order valence-electron chi connectivity index (χ3n) is 3.44. The van der Waals surface area contributed by atoms with Crippen molar-refractivity contribution in [2.24, 2.45) is 0 Å². The number of rotatable bonds is 6. The predicted molar refractivity (Wildman–Crippen MR) is 98.3 cm³/mol. The highest BCUT2D eigenvalue weighted by atomic mass is 79.9. The van der Waals surface area contributed by atoms with E-state index in [1.54, 1.807) is 6.07 Å². The summed E-state index contributed by atoms with van der Waals surface area (Å²) in [6.45, 7) is 4.65. The van der Waals surface area contributed by atoms with Gasteiger partial charge in [0.2, 0.25) is 0 Å². The summed E-state index contributed by atoms with van der Waals surface area (Å²) in [7, 11) is 0. The van der Waals surface area contributed by atoms with Crippen LogP contribution >= 0.6 is 15.9 Å². The Bertz CT molecular complexity index is 747. The van der Waals surface area contributed by atoms with Crippen molar-refractivity contribution in [1.82, 2.24) is 10.3 Å². The SMILES string of the molecule is CCCCNC(=O)c1ccnc(C(=O)Nc2ccc(C)cc2Br)c1. The van der Waals surface area contributed by atoms with Crippen molar-refractivity contribution in [3.8, 4) is 0 Å². The first kappa shape index (κ1) is 18.1. The Morgan fingerprint density at radius 2 is 1.96 bits per heavy atom. The van der Waals surface area contributed by atoms with Crippen molar-refractivity contribution in [2.45, 2.75) is 26.7 Å². The van der Waals surface area contributed by atoms with Crippen LogP contribution in [0.2, 0.25) is 0 Å². The molecule has 0 fully saturated rings. The number of carbonyl (C=O) groups is 2. The second-order valence-corrected chi connectivity index (χ2v) is 6.33. The van der Waals surface area contributed by atoms with Gasteiger partial charge in [-0.05, 0) is 59.1 Å². The molecule has 0 aliphatic heterocycles. The van der Waals surface area contributed by atoms with E-state index in [9.17, 15) is 9.59 Å². The van der Waals surface area contributed by atoms with Crippen molar-refractivity contribution in [3.05, 3.63) is 57.8 Å². The van der Waals surface area contributed by atoms with E-state index in [0.717, 1.165) is 22.9 Å². The van der Waals surface area contributed by atoms with Crippen molar-refractivity contribution < 1.29 is 9.59 Å². The van der Waals surface area contributed by atoms with Gasteiger partial charge in [0.1, 0.15) is 5.69 Å². The van der Waals surface area contributed by atoms with Crippen molar-refractivity contribution in [1.29, 1.82) is 0 Å². The van der Waals surface area contributed by atoms with Gasteiger partial charge < -0.3 is 10.6 Å². The molecule has 0 saturated heterocycles. The van der Waals surface area contributed by atoms with Crippen LogP contribution in [0.3, 0.4) is 0 Å². The third kappa shape index (κ3) is 4.89. The molecule has 0 atom stereocenters. The van der Waals surface area contributed by atoms with Crippen LogP contribution in [0.5, 0.6) is 0 Å². The fraction of sp³-hybridized carbons (Fsp3) is 0.278. The summed E-state index contributed by atoms with van der Waals surface area (Å²) in [6, 6.07) is 8.74. The molecule has 126 valence electrons. The number of aryl methyl sites for hydroxylation is 1. The third-order valence-corrected chi connectivity index (χ3v) is 4.10. The molecule has 2 aromatic rings. The molecule has 2 amide bonds. The predicted octanol–water partition coefficient (Wildman–Crippen LogP) is 3.93. The van der Waals surface area contributed by atoms with Crippen LogP contribution in [0.25, 0.3) is 0 Å². The highest BCUT2D eigenvalue weighted by Crippen LogP contribution is 2.23. The number of benzene rings is 1. The Morgan fingerprint density at radius 3 is 2.67 bits per heavy atom. The molecule has 0 spiro atoms. The van der Waals surface area contributed by atoms with Crippen LogP contribution in [0.4, 0.5) is 5.69 Å². The number of hydrogen-bond donors (Lipinski definition) is 2. The molecule has 0 aliphatic rings. The summed E-state index contributed by atoms with van der Waals surface area (Å²) in [4.78, 5) is 28.5. The molecule has 1 aromatic heterocycles. The van der Waals surface area contributed by atoms with E-state index in [2.05, 4.69) is 38.5 Å². The van der Waals surface area contributed by atoms with Gasteiger partial charge in [0.15, 0.2) is 0 Å². The van der Waals surface area contributed by atoms with E-state index >= 15 is 0 Å². The summed E-state index contributed by atoms with van der Waals surface area (Å²) in [5.74, 6) is -0.556. The molecule has 6 heteroatoms. The van der Waals surface area contributed by atoms with Gasteiger partial charge in [-0.25, -0.2) is 0 Å². The highest BCUT2D eigenvalue weighted by molar-refractivity contribution is 9.10. The number of carbonyl (C=O) groups excluding carboxylic acids is 2. The highest BCUT2D eigenvalue weighted by Gasteiger charge is 2.13. The molecule has 2 rings (SSSR count). The maximum atomic E-state index is 12.4. The first-order valence-corrected chi connectivity index (χ1v) is 8.62. The van der Waals surface area contributed by atoms with E-state index in [0.29, 0.717) is 17.8 Å². The van der Waals surface area contributed by atoms with E-state index in [4.69, 9.17) is 0 Å². The van der Waals surface area contributed by atoms with Crippen molar-refractivity contribution in [2.75, 3.05) is 11.9 Å². The molecule has 1 heterocycles. The molecule has 5 nitrogen and oxygen atoms in total. The largest absolute Gasteiger partial charge is 0.352 e. The zero-order valence-corrected chi connectivity index (χ0v) is 15.3. The molecule has 2 N–H and O–H groups in total. The Hall–Kier alpha value is -2.21. The number of halogens is 1. The van der Waals surface area contributed by atoms with Crippen LogP contribution in [-0.2, 0) is 0 Å². The molecule has 0 bridgehead atoms. The Balaban J connectivity index is 2.09. The van der Waals surface area contributed by atoms with Gasteiger partial charge in [-0.2, -0.15) is 0 Å². The molecule has 1 aromatic carbocycles. The standard InChI is InChI=1S/C18H20BrN3O2/c1-3-4-8-21-17(23)13-7-9-20-16(11-13)18(24)22-15-6-5-12(2)10-14(15)19/h5-7,9-11H,3-4,8H2,1-2H3,(H,21,23)(H,22,24). The van der Waals surface area contributed by atoms with E-state index in [1.165, 1.54) is 12.3 Å². The minimum absolute atomic E-state index is 0.198. The molecule has 0 unspecified atom stereocenters. The van der Waals surface area contributed by atoms with Crippen molar-refractivity contribution >= 4 is 33.4 Å². The van der Waals surface area contributed by atoms with Gasteiger partial charge in [0.25, 0.3) is 11.8 Å². The van der Waals surface area contributed by atoms with Crippen LogP contribution < -0.4 is 10.6 Å². The van der Waals surface area contributed by atoms with E-state index in [-0.39, 0.29) is 17.5 Å². The molecule has 0 radical (unpaired) electrons. The minimum atomic E-state index is -0.359. The number of pyridine rings is 1. The van der Waals surface area contributed by atoms with Crippen LogP contribution in [0.1, 0.15) is 46.2 Å². The summed E-state index contributed by atoms with van der Waals surface area (Å²) in [5.41, 5.74) is 2.37. The number of unbranched alkanes of at least 4 members (excludes halogenated alkanes) is 1. The zero-order valence-electron chi connectivity index (χ0n) is 13.7. The number of hydrogen-bond acceptors (Lipinski definition) is 3. The van der Waals surface area contributed by atoms with Gasteiger partial charge in [0.05, 0.1) is 5.69 Å². The van der Waals surface area contributed by atoms with Gasteiger partial charge in [0, 0.05) is 22.8 Å². The van der Waals surface area contributed by atoms with Gasteiger partial charge in [-0.15, -0.1) is 0 Å². The van der Waals surface area contributed by atoms with Crippen molar-refractivity contribution in [3.63, 3.8) is 0 Å². The molecular weight excluding hydrogens is 370 g/mol. The number of anilines is 1. The summed E-state index contributed by atoms with van der Waals surface area (Å²) < 4.78 is 0.796. The maximum Gasteiger partial charge on any atom is 0.274 e. The fourth-order valence-electron chi connectivity index (χ4n) is 2.08. The minimum Gasteiger partial charge on any atom is -0.352 e. The number of nitrogens with one attached hydrogen (secondary N) is 2. The summed E-state index contributed by atoms with van der Waals surface area (Å²) in [6.07, 6.45) is 3.40. The summed E-state index contributed by atoms with van der Waals surface area (Å²) >= 11 is 3.42. The average molecular weight is 390 g/mol.